The topological polar surface area (TPSA) is 93.1 Å². The van der Waals surface area contributed by atoms with Gasteiger partial charge in [0.15, 0.2) is 0 Å². The Morgan fingerprint density at radius 1 is 1.00 bits per heavy atom. The number of thioether (sulfide) groups is 1. The minimum absolute atomic E-state index is 0.0506. The number of benzene rings is 1. The summed E-state index contributed by atoms with van der Waals surface area (Å²) in [6.07, 6.45) is 8.29. The zero-order valence-electron chi connectivity index (χ0n) is 25.7. The van der Waals surface area contributed by atoms with Crippen LogP contribution in [0.4, 0.5) is 13.2 Å². The molecule has 1 unspecified atom stereocenters. The Balaban J connectivity index is 1.02. The molecule has 11 heteroatoms. The van der Waals surface area contributed by atoms with Crippen LogP contribution < -0.4 is 16.2 Å². The van der Waals surface area contributed by atoms with Gasteiger partial charge in [-0.1, -0.05) is 39.2 Å². The lowest BCUT2D eigenvalue weighted by molar-refractivity contribution is -0.150. The molecule has 4 saturated carbocycles. The SMILES string of the molecule is C[C@]12CC3CC(NCCCCCCCSc4cccc5nc(C(F)(F)F)n(C6CCC(=O)NC6=O)c(=O)c45)(C1)C[C@](C)(C3)C2. The predicted octanol–water partition coefficient (Wildman–Crippen LogP) is 6.77. The minimum Gasteiger partial charge on any atom is -0.311 e. The Morgan fingerprint density at radius 3 is 2.39 bits per heavy atom. The predicted molar refractivity (Wildman–Crippen MR) is 164 cm³/mol. The van der Waals surface area contributed by atoms with Crippen molar-refractivity contribution in [3.8, 4) is 0 Å². The van der Waals surface area contributed by atoms with E-state index in [1.165, 1.54) is 56.4 Å². The summed E-state index contributed by atoms with van der Waals surface area (Å²) in [7, 11) is 0. The highest BCUT2D eigenvalue weighted by Crippen LogP contribution is 2.66. The van der Waals surface area contributed by atoms with Crippen molar-refractivity contribution in [2.45, 2.75) is 120 Å². The van der Waals surface area contributed by atoms with Crippen LogP contribution in [0.1, 0.15) is 109 Å². The Morgan fingerprint density at radius 2 is 1.70 bits per heavy atom. The molecule has 5 fully saturated rings. The first kappa shape index (κ1) is 31.6. The fourth-order valence-electron chi connectivity index (χ4n) is 9.69. The summed E-state index contributed by atoms with van der Waals surface area (Å²) >= 11 is 1.43. The molecule has 1 aromatic heterocycles. The first-order valence-electron chi connectivity index (χ1n) is 16.1. The third kappa shape index (κ3) is 6.32. The van der Waals surface area contributed by atoms with Crippen molar-refractivity contribution in [1.82, 2.24) is 20.2 Å². The van der Waals surface area contributed by atoms with Gasteiger partial charge in [-0.3, -0.25) is 24.3 Å². The van der Waals surface area contributed by atoms with Gasteiger partial charge in [-0.05, 0) is 99.0 Å². The van der Waals surface area contributed by atoms with Crippen molar-refractivity contribution in [2.24, 2.45) is 16.7 Å². The molecule has 5 aliphatic rings. The largest absolute Gasteiger partial charge is 0.449 e. The van der Waals surface area contributed by atoms with Gasteiger partial charge in [0.1, 0.15) is 6.04 Å². The smallest absolute Gasteiger partial charge is 0.311 e. The summed E-state index contributed by atoms with van der Waals surface area (Å²) in [4.78, 5) is 42.0. The molecule has 7 nitrogen and oxygen atoms in total. The highest BCUT2D eigenvalue weighted by molar-refractivity contribution is 7.99. The van der Waals surface area contributed by atoms with Crippen LogP contribution in [0.3, 0.4) is 0 Å². The Bertz CT molecular complexity index is 1490. The first-order valence-corrected chi connectivity index (χ1v) is 17.1. The highest BCUT2D eigenvalue weighted by atomic mass is 32.2. The van der Waals surface area contributed by atoms with Crippen molar-refractivity contribution < 1.29 is 22.8 Å². The Hall–Kier alpha value is -2.40. The van der Waals surface area contributed by atoms with Crippen LogP contribution in [0.5, 0.6) is 0 Å². The molecule has 1 aromatic carbocycles. The molecule has 2 heterocycles. The van der Waals surface area contributed by atoms with E-state index in [-0.39, 0.29) is 23.7 Å². The molecule has 3 atom stereocenters. The number of hydrogen-bond acceptors (Lipinski definition) is 6. The quantitative estimate of drug-likeness (QED) is 0.161. The molecule has 4 bridgehead atoms. The van der Waals surface area contributed by atoms with Crippen molar-refractivity contribution in [3.05, 3.63) is 34.4 Å². The van der Waals surface area contributed by atoms with E-state index in [0.717, 1.165) is 50.3 Å². The van der Waals surface area contributed by atoms with Crippen LogP contribution in [-0.4, -0.2) is 39.2 Å². The summed E-state index contributed by atoms with van der Waals surface area (Å²) in [6.45, 7) is 6.08. The van der Waals surface area contributed by atoms with E-state index < -0.39 is 35.4 Å². The van der Waals surface area contributed by atoms with E-state index >= 15 is 0 Å². The number of fused-ring (bicyclic) bond motifs is 1. The second-order valence-corrected chi connectivity index (χ2v) is 15.8. The summed E-state index contributed by atoms with van der Waals surface area (Å²) < 4.78 is 42.4. The van der Waals surface area contributed by atoms with E-state index in [2.05, 4.69) is 29.5 Å². The number of alkyl halides is 3. The van der Waals surface area contributed by atoms with Gasteiger partial charge < -0.3 is 5.32 Å². The molecule has 4 aliphatic carbocycles. The van der Waals surface area contributed by atoms with Crippen molar-refractivity contribution in [1.29, 1.82) is 0 Å². The molecule has 0 spiro atoms. The number of nitrogens with zero attached hydrogens (tertiary/aromatic N) is 2. The van der Waals surface area contributed by atoms with Crippen LogP contribution >= 0.6 is 11.8 Å². The molecule has 2 amide bonds. The van der Waals surface area contributed by atoms with Crippen LogP contribution in [0.2, 0.25) is 0 Å². The molecule has 0 radical (unpaired) electrons. The molecule has 1 saturated heterocycles. The maximum Gasteiger partial charge on any atom is 0.449 e. The van der Waals surface area contributed by atoms with Gasteiger partial charge in [-0.15, -0.1) is 11.8 Å². The zero-order valence-corrected chi connectivity index (χ0v) is 26.5. The fraction of sp³-hybridized carbons (Fsp3) is 0.697. The number of amides is 2. The summed E-state index contributed by atoms with van der Waals surface area (Å²) in [5.74, 6) is -1.31. The summed E-state index contributed by atoms with van der Waals surface area (Å²) in [6, 6.07) is 3.26. The number of imide groups is 1. The Labute approximate surface area is 260 Å². The van der Waals surface area contributed by atoms with Crippen molar-refractivity contribution >= 4 is 34.5 Å². The van der Waals surface area contributed by atoms with Gasteiger partial charge in [0.2, 0.25) is 17.6 Å². The average Bonchev–Trinajstić information content (AvgIpc) is 2.90. The van der Waals surface area contributed by atoms with Crippen molar-refractivity contribution in [2.75, 3.05) is 12.3 Å². The molecular weight excluding hydrogens is 589 g/mol. The third-order valence-corrected chi connectivity index (χ3v) is 11.5. The second-order valence-electron chi connectivity index (χ2n) is 14.7. The molecule has 240 valence electrons. The molecule has 2 N–H and O–H groups in total. The van der Waals surface area contributed by atoms with Crippen LogP contribution in [0.25, 0.3) is 10.9 Å². The van der Waals surface area contributed by atoms with Gasteiger partial charge in [0.25, 0.3) is 5.56 Å². The monoisotopic (exact) mass is 632 g/mol. The fourth-order valence-corrected chi connectivity index (χ4v) is 10.8. The first-order chi connectivity index (χ1) is 20.8. The molecular formula is C33H43F3N4O3S. The van der Waals surface area contributed by atoms with Gasteiger partial charge in [-0.25, -0.2) is 4.98 Å². The number of nitrogens with one attached hydrogen (secondary N) is 2. The van der Waals surface area contributed by atoms with Gasteiger partial charge >= 0.3 is 6.18 Å². The highest BCUT2D eigenvalue weighted by Gasteiger charge is 2.59. The summed E-state index contributed by atoms with van der Waals surface area (Å²) in [5, 5.41) is 6.15. The Kier molecular flexibility index (Phi) is 8.43. The maximum atomic E-state index is 14.0. The van der Waals surface area contributed by atoms with Gasteiger partial charge in [-0.2, -0.15) is 13.2 Å². The standard InChI is InChI=1S/C33H43F3N4O3S/c1-30-15-21-16-31(2,18-30)20-32(17-21,19-30)37-13-6-4-3-5-7-14-44-24-10-8-9-22-26(24)28(43)40(29(38-22)33(34,35)36)23-11-12-25(41)39-27(23)42/h8-10,21,23,37H,3-7,11-20H2,1-2H3,(H,39,41,42)/t21?,23?,30-,31-,32?/m1/s1. The van der Waals surface area contributed by atoms with Gasteiger partial charge in [0.05, 0.1) is 10.9 Å². The molecule has 44 heavy (non-hydrogen) atoms. The second kappa shape index (κ2) is 11.8. The van der Waals surface area contributed by atoms with E-state index in [9.17, 15) is 27.6 Å². The van der Waals surface area contributed by atoms with Crippen molar-refractivity contribution in [3.63, 3.8) is 0 Å². The number of halogens is 3. The maximum absolute atomic E-state index is 14.0. The number of hydrogen-bond donors (Lipinski definition) is 2. The lowest BCUT2D eigenvalue weighted by atomic mass is 9.43. The molecule has 1 aliphatic heterocycles. The number of piperidine rings is 1. The normalized spacial score (nSPS) is 31.6. The van der Waals surface area contributed by atoms with E-state index in [0.29, 0.717) is 25.8 Å². The lowest BCUT2D eigenvalue weighted by Gasteiger charge is -2.65. The number of carbonyl (C=O) groups is 2. The van der Waals surface area contributed by atoms with Crippen LogP contribution in [0, 0.1) is 16.7 Å². The number of unbranched alkanes of at least 4 members (excludes halogenated alkanes) is 4. The molecule has 2 aromatic rings. The number of rotatable bonds is 11. The lowest BCUT2D eigenvalue weighted by Crippen LogP contribution is -2.64. The zero-order chi connectivity index (χ0) is 31.3. The minimum atomic E-state index is -4.95. The number of carbonyl (C=O) groups excluding carboxylic acids is 2. The van der Waals surface area contributed by atoms with Crippen LogP contribution in [-0.2, 0) is 15.8 Å². The van der Waals surface area contributed by atoms with E-state index in [4.69, 9.17) is 0 Å². The van der Waals surface area contributed by atoms with E-state index in [1.807, 2.05) is 0 Å². The van der Waals surface area contributed by atoms with Gasteiger partial charge in [0, 0.05) is 16.9 Å². The molecule has 7 rings (SSSR count). The van der Waals surface area contributed by atoms with E-state index in [1.54, 1.807) is 12.1 Å². The number of aromatic nitrogens is 2. The summed E-state index contributed by atoms with van der Waals surface area (Å²) in [5.41, 5.74) is 0.402. The third-order valence-electron chi connectivity index (χ3n) is 10.4. The average molecular weight is 633 g/mol. The van der Waals surface area contributed by atoms with Crippen LogP contribution in [0.15, 0.2) is 27.9 Å².